The summed E-state index contributed by atoms with van der Waals surface area (Å²) in [5.74, 6) is 0.905. The summed E-state index contributed by atoms with van der Waals surface area (Å²) in [7, 11) is 1.56. The maximum Gasteiger partial charge on any atom is 0.172 e. The molecule has 0 spiro atoms. The fraction of sp³-hybridized carbons (Fsp3) is 0.368. The number of aromatic nitrogens is 3. The van der Waals surface area contributed by atoms with Crippen LogP contribution in [0.3, 0.4) is 0 Å². The molecule has 142 valence electrons. The van der Waals surface area contributed by atoms with Gasteiger partial charge in [-0.05, 0) is 31.0 Å². The lowest BCUT2D eigenvalue weighted by molar-refractivity contribution is -0.0341. The van der Waals surface area contributed by atoms with Gasteiger partial charge >= 0.3 is 0 Å². The fourth-order valence-corrected chi connectivity index (χ4v) is 4.35. The van der Waals surface area contributed by atoms with Crippen molar-refractivity contribution in [3.05, 3.63) is 51.2 Å². The van der Waals surface area contributed by atoms with Crippen LogP contribution in [0.15, 0.2) is 18.5 Å². The topological polar surface area (TPSA) is 74.3 Å². The Morgan fingerprint density at radius 2 is 2.04 bits per heavy atom. The minimum atomic E-state index is -0.910. The van der Waals surface area contributed by atoms with Crippen molar-refractivity contribution < 1.29 is 9.84 Å². The van der Waals surface area contributed by atoms with Crippen molar-refractivity contribution >= 4 is 34.1 Å². The first-order chi connectivity index (χ1) is 12.9. The number of rotatable bonds is 3. The van der Waals surface area contributed by atoms with Gasteiger partial charge in [-0.15, -0.1) is 0 Å². The quantitative estimate of drug-likeness (QED) is 0.681. The van der Waals surface area contributed by atoms with Crippen LogP contribution in [0.2, 0.25) is 10.0 Å². The van der Waals surface area contributed by atoms with Crippen LogP contribution < -0.4 is 4.74 Å². The molecule has 2 N–H and O–H groups in total. The molecule has 1 aliphatic heterocycles. The maximum atomic E-state index is 10.9. The normalized spacial score (nSPS) is 18.5. The van der Waals surface area contributed by atoms with Crippen molar-refractivity contribution in [3.8, 4) is 5.75 Å². The monoisotopic (exact) mass is 406 g/mol. The highest BCUT2D eigenvalue weighted by Crippen LogP contribution is 2.43. The Morgan fingerprint density at radius 3 is 2.70 bits per heavy atom. The molecule has 8 heteroatoms. The number of nitrogens with one attached hydrogen (secondary N) is 1. The number of H-pyrrole nitrogens is 1. The van der Waals surface area contributed by atoms with E-state index in [2.05, 4.69) is 21.9 Å². The van der Waals surface area contributed by atoms with E-state index in [1.165, 1.54) is 0 Å². The SMILES string of the molecule is COc1cnc(C(O)N2CCc3[nH]c4c(Cl)c(Cl)cc(C)c4c3[C@@H]2C)nc1. The third-order valence-electron chi connectivity index (χ3n) is 5.25. The Bertz CT molecular complexity index is 1000. The van der Waals surface area contributed by atoms with Crippen molar-refractivity contribution in [2.75, 3.05) is 13.7 Å². The Labute approximate surface area is 167 Å². The maximum absolute atomic E-state index is 10.9. The third-order valence-corrected chi connectivity index (χ3v) is 6.04. The largest absolute Gasteiger partial charge is 0.494 e. The molecule has 0 amide bonds. The molecule has 0 aliphatic carbocycles. The molecule has 2 aromatic heterocycles. The minimum Gasteiger partial charge on any atom is -0.494 e. The first-order valence-electron chi connectivity index (χ1n) is 8.71. The van der Waals surface area contributed by atoms with E-state index in [0.717, 1.165) is 34.1 Å². The van der Waals surface area contributed by atoms with Gasteiger partial charge in [-0.25, -0.2) is 9.97 Å². The van der Waals surface area contributed by atoms with Crippen LogP contribution in [-0.4, -0.2) is 38.6 Å². The summed E-state index contributed by atoms with van der Waals surface area (Å²) < 4.78 is 5.09. The van der Waals surface area contributed by atoms with Gasteiger partial charge in [0.2, 0.25) is 0 Å². The van der Waals surface area contributed by atoms with Crippen LogP contribution >= 0.6 is 23.2 Å². The van der Waals surface area contributed by atoms with E-state index in [4.69, 9.17) is 27.9 Å². The molecule has 1 unspecified atom stereocenters. The average molecular weight is 407 g/mol. The number of aliphatic hydroxyl groups is 1. The molecule has 0 bridgehead atoms. The number of methoxy groups -OCH3 is 1. The standard InChI is InChI=1S/C19H20Cl2N4O2/c1-9-6-12(20)16(21)17-14(9)15-10(2)25(5-4-13(15)24-17)19(26)18-22-7-11(27-3)8-23-18/h6-8,10,19,24,26H,4-5H2,1-3H3/t10-,19?/m0/s1. The van der Waals surface area contributed by atoms with Crippen LogP contribution in [0.25, 0.3) is 10.9 Å². The second-order valence-corrected chi connectivity index (χ2v) is 7.56. The van der Waals surface area contributed by atoms with Crippen molar-refractivity contribution in [1.82, 2.24) is 19.9 Å². The Morgan fingerprint density at radius 1 is 1.33 bits per heavy atom. The smallest absolute Gasteiger partial charge is 0.172 e. The van der Waals surface area contributed by atoms with E-state index in [9.17, 15) is 5.11 Å². The van der Waals surface area contributed by atoms with Gasteiger partial charge in [-0.1, -0.05) is 23.2 Å². The molecular formula is C19H20Cl2N4O2. The lowest BCUT2D eigenvalue weighted by atomic mass is 9.94. The molecule has 0 saturated heterocycles. The number of aromatic amines is 1. The van der Waals surface area contributed by atoms with Crippen LogP contribution in [0.1, 0.15) is 41.8 Å². The predicted octanol–water partition coefficient (Wildman–Crippen LogP) is 4.19. The number of fused-ring (bicyclic) bond motifs is 3. The number of halogens is 2. The molecule has 3 heterocycles. The first kappa shape index (κ1) is 18.5. The van der Waals surface area contributed by atoms with Gasteiger partial charge in [0, 0.05) is 30.1 Å². The first-order valence-corrected chi connectivity index (χ1v) is 9.46. The Kier molecular flexibility index (Phi) is 4.76. The minimum absolute atomic E-state index is 0.0425. The van der Waals surface area contributed by atoms with E-state index in [-0.39, 0.29) is 6.04 Å². The summed E-state index contributed by atoms with van der Waals surface area (Å²) in [6.07, 6.45) is 2.97. The summed E-state index contributed by atoms with van der Waals surface area (Å²) in [6.45, 7) is 4.76. The van der Waals surface area contributed by atoms with Crippen molar-refractivity contribution in [2.45, 2.75) is 32.5 Å². The predicted molar refractivity (Wildman–Crippen MR) is 105 cm³/mol. The summed E-state index contributed by atoms with van der Waals surface area (Å²) in [4.78, 5) is 13.9. The van der Waals surface area contributed by atoms with E-state index >= 15 is 0 Å². The molecule has 0 saturated carbocycles. The summed E-state index contributed by atoms with van der Waals surface area (Å²) >= 11 is 12.7. The zero-order chi connectivity index (χ0) is 19.3. The second kappa shape index (κ2) is 6.95. The Hall–Kier alpha value is -1.86. The number of hydrogen-bond donors (Lipinski definition) is 2. The summed E-state index contributed by atoms with van der Waals surface area (Å²) in [5, 5.41) is 13.0. The fourth-order valence-electron chi connectivity index (χ4n) is 3.89. The molecule has 2 atom stereocenters. The van der Waals surface area contributed by atoms with E-state index in [1.807, 2.05) is 17.9 Å². The van der Waals surface area contributed by atoms with E-state index in [1.54, 1.807) is 19.5 Å². The van der Waals surface area contributed by atoms with Crippen molar-refractivity contribution in [1.29, 1.82) is 0 Å². The number of benzene rings is 1. The second-order valence-electron chi connectivity index (χ2n) is 6.78. The summed E-state index contributed by atoms with van der Waals surface area (Å²) in [5.41, 5.74) is 4.18. The van der Waals surface area contributed by atoms with Gasteiger partial charge in [0.25, 0.3) is 0 Å². The molecule has 1 aromatic carbocycles. The zero-order valence-electron chi connectivity index (χ0n) is 15.3. The lowest BCUT2D eigenvalue weighted by Gasteiger charge is -2.36. The van der Waals surface area contributed by atoms with Gasteiger partial charge in [0.15, 0.2) is 17.8 Å². The third kappa shape index (κ3) is 2.97. The molecule has 6 nitrogen and oxygen atoms in total. The lowest BCUT2D eigenvalue weighted by Crippen LogP contribution is -2.37. The number of nitrogens with zero attached hydrogens (tertiary/aromatic N) is 3. The number of aliphatic hydroxyl groups excluding tert-OH is 1. The van der Waals surface area contributed by atoms with Gasteiger partial charge in [-0.2, -0.15) is 0 Å². The van der Waals surface area contributed by atoms with E-state index in [0.29, 0.717) is 28.2 Å². The number of hydrogen-bond acceptors (Lipinski definition) is 5. The van der Waals surface area contributed by atoms with Crippen LogP contribution in [0, 0.1) is 6.92 Å². The van der Waals surface area contributed by atoms with Crippen molar-refractivity contribution in [3.63, 3.8) is 0 Å². The Balaban J connectivity index is 1.75. The van der Waals surface area contributed by atoms with Gasteiger partial charge in [-0.3, -0.25) is 4.90 Å². The molecule has 4 rings (SSSR count). The summed E-state index contributed by atoms with van der Waals surface area (Å²) in [6, 6.07) is 1.84. The zero-order valence-corrected chi connectivity index (χ0v) is 16.8. The highest BCUT2D eigenvalue weighted by atomic mass is 35.5. The molecule has 0 fully saturated rings. The van der Waals surface area contributed by atoms with Crippen molar-refractivity contribution in [2.24, 2.45) is 0 Å². The molecular weight excluding hydrogens is 387 g/mol. The molecule has 1 aliphatic rings. The highest BCUT2D eigenvalue weighted by Gasteiger charge is 2.34. The van der Waals surface area contributed by atoms with Gasteiger partial charge < -0.3 is 14.8 Å². The van der Waals surface area contributed by atoms with E-state index < -0.39 is 6.23 Å². The molecule has 27 heavy (non-hydrogen) atoms. The highest BCUT2D eigenvalue weighted by molar-refractivity contribution is 6.45. The van der Waals surface area contributed by atoms with Crippen LogP contribution in [-0.2, 0) is 6.42 Å². The van der Waals surface area contributed by atoms with Crippen LogP contribution in [0.5, 0.6) is 5.75 Å². The average Bonchev–Trinajstić information content (AvgIpc) is 3.07. The molecule has 3 aromatic rings. The van der Waals surface area contributed by atoms with Gasteiger partial charge in [0.1, 0.15) is 0 Å². The van der Waals surface area contributed by atoms with Crippen LogP contribution in [0.4, 0.5) is 0 Å². The molecule has 0 radical (unpaired) electrons. The number of aryl methyl sites for hydroxylation is 1. The van der Waals surface area contributed by atoms with Gasteiger partial charge in [0.05, 0.1) is 35.1 Å². The number of ether oxygens (including phenoxy) is 1.